The lowest BCUT2D eigenvalue weighted by Crippen LogP contribution is -2.15. The van der Waals surface area contributed by atoms with Crippen LogP contribution in [0.25, 0.3) is 12.2 Å². The molecule has 0 atom stereocenters. The molecule has 0 bridgehead atoms. The maximum Gasteiger partial charge on any atom is 0.339 e. The van der Waals surface area contributed by atoms with Crippen molar-refractivity contribution in [1.29, 1.82) is 0 Å². The number of aliphatic carboxylic acids is 1. The molecule has 1 N–H and O–H groups in total. The molecule has 29 heavy (non-hydrogen) atoms. The molecular weight excluding hydrogens is 364 g/mol. The molecule has 3 rings (SSSR count). The zero-order valence-corrected chi connectivity index (χ0v) is 15.7. The fraction of sp³-hybridized carbons (Fsp3) is 0.0400. The largest absolute Gasteiger partial charge is 0.478 e. The minimum absolute atomic E-state index is 0.0107. The number of benzene rings is 3. The number of esters is 1. The molecule has 3 aromatic rings. The molecule has 0 aromatic heterocycles. The van der Waals surface area contributed by atoms with Crippen molar-refractivity contribution in [2.24, 2.45) is 0 Å². The van der Waals surface area contributed by atoms with E-state index in [1.807, 2.05) is 54.6 Å². The summed E-state index contributed by atoms with van der Waals surface area (Å²) in [6, 6.07) is 27.3. The summed E-state index contributed by atoms with van der Waals surface area (Å²) in [7, 11) is 0. The van der Waals surface area contributed by atoms with Gasteiger partial charge >= 0.3 is 11.9 Å². The van der Waals surface area contributed by atoms with Gasteiger partial charge in [-0.05, 0) is 28.8 Å². The van der Waals surface area contributed by atoms with E-state index in [2.05, 4.69) is 0 Å². The first-order chi connectivity index (χ1) is 14.1. The molecule has 0 fully saturated rings. The van der Waals surface area contributed by atoms with E-state index >= 15 is 0 Å². The highest BCUT2D eigenvalue weighted by Crippen LogP contribution is 2.21. The minimum Gasteiger partial charge on any atom is -0.478 e. The fourth-order valence-corrected chi connectivity index (χ4v) is 2.73. The Morgan fingerprint density at radius 2 is 1.14 bits per heavy atom. The van der Waals surface area contributed by atoms with Gasteiger partial charge in [0.1, 0.15) is 6.61 Å². The number of ether oxygens (including phenoxy) is 1. The van der Waals surface area contributed by atoms with Crippen LogP contribution in [0.4, 0.5) is 0 Å². The molecule has 0 spiro atoms. The Labute approximate surface area is 169 Å². The van der Waals surface area contributed by atoms with Crippen LogP contribution < -0.4 is 0 Å². The summed E-state index contributed by atoms with van der Waals surface area (Å²) in [6.45, 7) is 0.0596. The van der Waals surface area contributed by atoms with Gasteiger partial charge in [-0.2, -0.15) is 0 Å². The molecule has 0 aliphatic heterocycles. The third kappa shape index (κ3) is 5.78. The van der Waals surface area contributed by atoms with Gasteiger partial charge in [-0.15, -0.1) is 0 Å². The maximum absolute atomic E-state index is 12.9. The Bertz CT molecular complexity index is 1020. The van der Waals surface area contributed by atoms with Crippen LogP contribution in [0.15, 0.2) is 102 Å². The van der Waals surface area contributed by atoms with Crippen molar-refractivity contribution < 1.29 is 19.4 Å². The third-order valence-corrected chi connectivity index (χ3v) is 4.17. The highest BCUT2D eigenvalue weighted by Gasteiger charge is 2.22. The van der Waals surface area contributed by atoms with E-state index in [1.165, 1.54) is 12.2 Å². The molecule has 0 saturated heterocycles. The van der Waals surface area contributed by atoms with E-state index in [0.29, 0.717) is 11.1 Å². The molecule has 4 nitrogen and oxygen atoms in total. The van der Waals surface area contributed by atoms with Gasteiger partial charge in [0.05, 0.1) is 11.1 Å². The molecule has 0 heterocycles. The summed E-state index contributed by atoms with van der Waals surface area (Å²) < 4.78 is 5.42. The second-order valence-electron chi connectivity index (χ2n) is 6.30. The van der Waals surface area contributed by atoms with E-state index in [9.17, 15) is 14.7 Å². The van der Waals surface area contributed by atoms with Crippen LogP contribution in [-0.4, -0.2) is 17.0 Å². The number of carbonyl (C=O) groups excluding carboxylic acids is 1. The van der Waals surface area contributed by atoms with Crippen molar-refractivity contribution >= 4 is 24.1 Å². The highest BCUT2D eigenvalue weighted by molar-refractivity contribution is 6.12. The zero-order valence-electron chi connectivity index (χ0n) is 15.7. The van der Waals surface area contributed by atoms with Crippen LogP contribution in [0.2, 0.25) is 0 Å². The number of rotatable bonds is 7. The van der Waals surface area contributed by atoms with Crippen molar-refractivity contribution in [3.63, 3.8) is 0 Å². The summed E-state index contributed by atoms with van der Waals surface area (Å²) in [5, 5.41) is 9.80. The lowest BCUT2D eigenvalue weighted by Gasteiger charge is -2.10. The summed E-state index contributed by atoms with van der Waals surface area (Å²) in [6.07, 6.45) is 3.01. The van der Waals surface area contributed by atoms with Gasteiger partial charge in [0.2, 0.25) is 0 Å². The molecular formula is C25H20O4. The van der Waals surface area contributed by atoms with Crippen molar-refractivity contribution in [3.8, 4) is 0 Å². The Morgan fingerprint density at radius 3 is 1.62 bits per heavy atom. The van der Waals surface area contributed by atoms with Gasteiger partial charge in [0.15, 0.2) is 0 Å². The normalized spacial score (nSPS) is 11.7. The lowest BCUT2D eigenvalue weighted by molar-refractivity contribution is -0.141. The quantitative estimate of drug-likeness (QED) is 0.354. The van der Waals surface area contributed by atoms with E-state index in [1.54, 1.807) is 36.4 Å². The lowest BCUT2D eigenvalue weighted by atomic mass is 10.00. The van der Waals surface area contributed by atoms with E-state index in [-0.39, 0.29) is 17.8 Å². The SMILES string of the molecule is O=C(O)C(=Cc1ccccc1)C(=Cc1ccccc1)C(=O)OCc1ccccc1. The Kier molecular flexibility index (Phi) is 6.74. The van der Waals surface area contributed by atoms with Gasteiger partial charge in [-0.25, -0.2) is 9.59 Å². The average molecular weight is 384 g/mol. The fourth-order valence-electron chi connectivity index (χ4n) is 2.73. The monoisotopic (exact) mass is 384 g/mol. The van der Waals surface area contributed by atoms with Crippen LogP contribution in [-0.2, 0) is 20.9 Å². The van der Waals surface area contributed by atoms with Crippen LogP contribution in [0.1, 0.15) is 16.7 Å². The van der Waals surface area contributed by atoms with Crippen LogP contribution in [0.3, 0.4) is 0 Å². The molecule has 0 aliphatic rings. The first kappa shape index (κ1) is 19.8. The van der Waals surface area contributed by atoms with Crippen molar-refractivity contribution in [2.75, 3.05) is 0 Å². The Balaban J connectivity index is 1.97. The van der Waals surface area contributed by atoms with E-state index in [0.717, 1.165) is 5.56 Å². The van der Waals surface area contributed by atoms with Crippen LogP contribution in [0.5, 0.6) is 0 Å². The first-order valence-electron chi connectivity index (χ1n) is 9.11. The van der Waals surface area contributed by atoms with Gasteiger partial charge in [0, 0.05) is 0 Å². The Hall–Kier alpha value is -3.92. The second-order valence-corrected chi connectivity index (χ2v) is 6.30. The Morgan fingerprint density at radius 1 is 0.690 bits per heavy atom. The van der Waals surface area contributed by atoms with Crippen LogP contribution in [0, 0.1) is 0 Å². The molecule has 3 aromatic carbocycles. The van der Waals surface area contributed by atoms with Gasteiger partial charge in [-0.3, -0.25) is 0 Å². The van der Waals surface area contributed by atoms with E-state index < -0.39 is 11.9 Å². The average Bonchev–Trinajstić information content (AvgIpc) is 2.76. The van der Waals surface area contributed by atoms with Crippen LogP contribution >= 0.6 is 0 Å². The molecule has 0 amide bonds. The standard InChI is InChI=1S/C25H20O4/c26-24(27)22(16-19-10-4-1-5-11-19)23(17-20-12-6-2-7-13-20)25(28)29-18-21-14-8-3-9-15-21/h1-17H,18H2,(H,26,27). The maximum atomic E-state index is 12.9. The summed E-state index contributed by atoms with van der Waals surface area (Å²) >= 11 is 0. The minimum atomic E-state index is -1.20. The predicted octanol–water partition coefficient (Wildman–Crippen LogP) is 4.98. The number of hydrogen-bond acceptors (Lipinski definition) is 3. The number of carboxylic acids is 1. The number of carboxylic acid groups (broad SMARTS) is 1. The summed E-state index contributed by atoms with van der Waals surface area (Å²) in [5.41, 5.74) is 2.07. The topological polar surface area (TPSA) is 63.6 Å². The number of hydrogen-bond donors (Lipinski definition) is 1. The van der Waals surface area contributed by atoms with Crippen molar-refractivity contribution in [3.05, 3.63) is 119 Å². The van der Waals surface area contributed by atoms with Gasteiger partial charge < -0.3 is 9.84 Å². The molecule has 4 heteroatoms. The third-order valence-electron chi connectivity index (χ3n) is 4.17. The zero-order chi connectivity index (χ0) is 20.5. The molecule has 0 saturated carbocycles. The second kappa shape index (κ2) is 9.85. The first-order valence-corrected chi connectivity index (χ1v) is 9.11. The molecule has 0 radical (unpaired) electrons. The van der Waals surface area contributed by atoms with E-state index in [4.69, 9.17) is 4.74 Å². The molecule has 0 unspecified atom stereocenters. The predicted molar refractivity (Wildman–Crippen MR) is 113 cm³/mol. The number of carbonyl (C=O) groups is 2. The summed E-state index contributed by atoms with van der Waals surface area (Å²) in [4.78, 5) is 24.9. The molecule has 144 valence electrons. The van der Waals surface area contributed by atoms with Crippen molar-refractivity contribution in [1.82, 2.24) is 0 Å². The van der Waals surface area contributed by atoms with Gasteiger partial charge in [0.25, 0.3) is 0 Å². The van der Waals surface area contributed by atoms with Crippen molar-refractivity contribution in [2.45, 2.75) is 6.61 Å². The smallest absolute Gasteiger partial charge is 0.339 e. The molecule has 0 aliphatic carbocycles. The highest BCUT2D eigenvalue weighted by atomic mass is 16.5. The summed E-state index contributed by atoms with van der Waals surface area (Å²) in [5.74, 6) is -1.89. The van der Waals surface area contributed by atoms with Gasteiger partial charge in [-0.1, -0.05) is 91.0 Å².